The predicted octanol–water partition coefficient (Wildman–Crippen LogP) is 4.61. The topological polar surface area (TPSA) is 69.0 Å². The molecule has 0 aliphatic rings. The Morgan fingerprint density at radius 3 is 2.48 bits per heavy atom. The van der Waals surface area contributed by atoms with Gasteiger partial charge in [0.2, 0.25) is 0 Å². The summed E-state index contributed by atoms with van der Waals surface area (Å²) in [5.41, 5.74) is 5.39. The highest BCUT2D eigenvalue weighted by Crippen LogP contribution is 2.28. The van der Waals surface area contributed by atoms with E-state index in [2.05, 4.69) is 15.4 Å². The number of benzene rings is 2. The van der Waals surface area contributed by atoms with Crippen molar-refractivity contribution in [3.05, 3.63) is 77.1 Å². The third-order valence-electron chi connectivity index (χ3n) is 4.82. The lowest BCUT2D eigenvalue weighted by atomic mass is 10.1. The summed E-state index contributed by atoms with van der Waals surface area (Å²) in [5.74, 6) is 0.381. The summed E-state index contributed by atoms with van der Waals surface area (Å²) in [6.45, 7) is 5.81. The standard InChI is InChI=1S/C23H22N4O2/c1-14-9-11-17(12-10-14)27-22-21(16(3)26-27)18(13-15(2)24-22)23(28)25-19-7-5-6-8-20(19)29-4/h5-13H,1-4H3,(H,25,28). The van der Waals surface area contributed by atoms with Gasteiger partial charge in [0.05, 0.1) is 35.1 Å². The highest BCUT2D eigenvalue weighted by atomic mass is 16.5. The first-order chi connectivity index (χ1) is 14.0. The number of aromatic nitrogens is 3. The average molecular weight is 386 g/mol. The van der Waals surface area contributed by atoms with Gasteiger partial charge in [0.15, 0.2) is 5.65 Å². The van der Waals surface area contributed by atoms with Crippen molar-refractivity contribution in [3.8, 4) is 11.4 Å². The average Bonchev–Trinajstić information content (AvgIpc) is 3.04. The third kappa shape index (κ3) is 3.45. The molecule has 4 rings (SSSR count). The van der Waals surface area contributed by atoms with Crippen molar-refractivity contribution in [1.29, 1.82) is 0 Å². The smallest absolute Gasteiger partial charge is 0.256 e. The number of pyridine rings is 1. The summed E-state index contributed by atoms with van der Waals surface area (Å²) in [4.78, 5) is 17.8. The van der Waals surface area contributed by atoms with E-state index in [4.69, 9.17) is 4.74 Å². The van der Waals surface area contributed by atoms with Crippen LogP contribution in [0.3, 0.4) is 0 Å². The van der Waals surface area contributed by atoms with Crippen LogP contribution in [-0.4, -0.2) is 27.8 Å². The highest BCUT2D eigenvalue weighted by Gasteiger charge is 2.20. The Kier molecular flexibility index (Phi) is 4.76. The summed E-state index contributed by atoms with van der Waals surface area (Å²) in [6.07, 6.45) is 0. The van der Waals surface area contributed by atoms with Crippen molar-refractivity contribution in [2.24, 2.45) is 0 Å². The van der Waals surface area contributed by atoms with E-state index < -0.39 is 0 Å². The highest BCUT2D eigenvalue weighted by molar-refractivity contribution is 6.13. The molecule has 0 bridgehead atoms. The SMILES string of the molecule is COc1ccccc1NC(=O)c1cc(C)nc2c1c(C)nn2-c1ccc(C)cc1. The monoisotopic (exact) mass is 386 g/mol. The van der Waals surface area contributed by atoms with Gasteiger partial charge in [-0.1, -0.05) is 29.8 Å². The number of aryl methyl sites for hydroxylation is 3. The van der Waals surface area contributed by atoms with Gasteiger partial charge in [-0.25, -0.2) is 9.67 Å². The van der Waals surface area contributed by atoms with Crippen LogP contribution in [0, 0.1) is 20.8 Å². The zero-order valence-electron chi connectivity index (χ0n) is 16.9. The molecule has 0 aliphatic carbocycles. The van der Waals surface area contributed by atoms with E-state index in [0.717, 1.165) is 22.5 Å². The third-order valence-corrected chi connectivity index (χ3v) is 4.82. The summed E-state index contributed by atoms with van der Waals surface area (Å²) in [5, 5.41) is 8.36. The fraction of sp³-hybridized carbons (Fsp3) is 0.174. The molecular formula is C23H22N4O2. The first-order valence-corrected chi connectivity index (χ1v) is 9.36. The van der Waals surface area contributed by atoms with Gasteiger partial charge < -0.3 is 10.1 Å². The van der Waals surface area contributed by atoms with E-state index in [1.807, 2.05) is 69.3 Å². The van der Waals surface area contributed by atoms with Gasteiger partial charge in [0.25, 0.3) is 5.91 Å². The molecule has 2 aromatic heterocycles. The van der Waals surface area contributed by atoms with Crippen LogP contribution in [0.5, 0.6) is 5.75 Å². The first kappa shape index (κ1) is 18.7. The molecule has 6 heteroatoms. The lowest BCUT2D eigenvalue weighted by Gasteiger charge is -2.11. The Hall–Kier alpha value is -3.67. The Morgan fingerprint density at radius 1 is 1.03 bits per heavy atom. The number of rotatable bonds is 4. The van der Waals surface area contributed by atoms with Crippen LogP contribution in [0.2, 0.25) is 0 Å². The molecule has 1 amide bonds. The minimum absolute atomic E-state index is 0.225. The van der Waals surface area contributed by atoms with Gasteiger partial charge in [-0.15, -0.1) is 0 Å². The van der Waals surface area contributed by atoms with Crippen molar-refractivity contribution < 1.29 is 9.53 Å². The Morgan fingerprint density at radius 2 is 1.76 bits per heavy atom. The number of ether oxygens (including phenoxy) is 1. The van der Waals surface area contributed by atoms with Gasteiger partial charge >= 0.3 is 0 Å². The summed E-state index contributed by atoms with van der Waals surface area (Å²) >= 11 is 0. The summed E-state index contributed by atoms with van der Waals surface area (Å²) in [7, 11) is 1.58. The molecule has 29 heavy (non-hydrogen) atoms. The number of anilines is 1. The number of carbonyl (C=O) groups is 1. The van der Waals surface area contributed by atoms with E-state index >= 15 is 0 Å². The maximum Gasteiger partial charge on any atom is 0.256 e. The molecule has 0 saturated carbocycles. The Balaban J connectivity index is 1.83. The lowest BCUT2D eigenvalue weighted by Crippen LogP contribution is -2.14. The molecule has 146 valence electrons. The fourth-order valence-electron chi connectivity index (χ4n) is 3.40. The van der Waals surface area contributed by atoms with Crippen molar-refractivity contribution in [2.75, 3.05) is 12.4 Å². The quantitative estimate of drug-likeness (QED) is 0.556. The van der Waals surface area contributed by atoms with Crippen molar-refractivity contribution in [2.45, 2.75) is 20.8 Å². The van der Waals surface area contributed by atoms with Crippen LogP contribution < -0.4 is 10.1 Å². The minimum Gasteiger partial charge on any atom is -0.495 e. The molecule has 1 N–H and O–H groups in total. The second kappa shape index (κ2) is 7.39. The number of amides is 1. The number of hydrogen-bond donors (Lipinski definition) is 1. The second-order valence-electron chi connectivity index (χ2n) is 7.00. The molecule has 0 radical (unpaired) electrons. The van der Waals surface area contributed by atoms with Crippen molar-refractivity contribution in [1.82, 2.24) is 14.8 Å². The van der Waals surface area contributed by atoms with E-state index in [0.29, 0.717) is 22.6 Å². The molecule has 0 fully saturated rings. The normalized spacial score (nSPS) is 10.9. The number of para-hydroxylation sites is 2. The predicted molar refractivity (Wildman–Crippen MR) is 114 cm³/mol. The van der Waals surface area contributed by atoms with E-state index in [-0.39, 0.29) is 5.91 Å². The zero-order valence-corrected chi connectivity index (χ0v) is 16.9. The van der Waals surface area contributed by atoms with E-state index in [1.54, 1.807) is 17.9 Å². The molecule has 0 unspecified atom stereocenters. The number of fused-ring (bicyclic) bond motifs is 1. The number of methoxy groups -OCH3 is 1. The van der Waals surface area contributed by atoms with E-state index in [1.165, 1.54) is 5.56 Å². The molecule has 0 atom stereocenters. The van der Waals surface area contributed by atoms with Gasteiger partial charge in [0.1, 0.15) is 5.75 Å². The van der Waals surface area contributed by atoms with Crippen LogP contribution in [0.4, 0.5) is 5.69 Å². The number of carbonyl (C=O) groups excluding carboxylic acids is 1. The van der Waals surface area contributed by atoms with E-state index in [9.17, 15) is 4.79 Å². The molecule has 6 nitrogen and oxygen atoms in total. The van der Waals surface area contributed by atoms with Crippen LogP contribution >= 0.6 is 0 Å². The summed E-state index contributed by atoms with van der Waals surface area (Å²) in [6, 6.07) is 17.2. The van der Waals surface area contributed by atoms with Crippen molar-refractivity contribution >= 4 is 22.6 Å². The molecule has 2 heterocycles. The largest absolute Gasteiger partial charge is 0.495 e. The number of nitrogens with zero attached hydrogens (tertiary/aromatic N) is 3. The van der Waals surface area contributed by atoms with Crippen LogP contribution in [0.1, 0.15) is 27.3 Å². The second-order valence-corrected chi connectivity index (χ2v) is 7.00. The van der Waals surface area contributed by atoms with Gasteiger partial charge in [0, 0.05) is 5.69 Å². The van der Waals surface area contributed by atoms with Crippen LogP contribution in [0.25, 0.3) is 16.7 Å². The molecular weight excluding hydrogens is 364 g/mol. The maximum atomic E-state index is 13.2. The van der Waals surface area contributed by atoms with Gasteiger partial charge in [-0.2, -0.15) is 5.10 Å². The molecule has 0 spiro atoms. The minimum atomic E-state index is -0.225. The molecule has 0 saturated heterocycles. The van der Waals surface area contributed by atoms with Crippen molar-refractivity contribution in [3.63, 3.8) is 0 Å². The maximum absolute atomic E-state index is 13.2. The lowest BCUT2D eigenvalue weighted by molar-refractivity contribution is 0.102. The first-order valence-electron chi connectivity index (χ1n) is 9.36. The fourth-order valence-corrected chi connectivity index (χ4v) is 3.40. The summed E-state index contributed by atoms with van der Waals surface area (Å²) < 4.78 is 7.13. The van der Waals surface area contributed by atoms with Gasteiger partial charge in [-0.3, -0.25) is 4.79 Å². The number of nitrogens with one attached hydrogen (secondary N) is 1. The van der Waals surface area contributed by atoms with Gasteiger partial charge in [-0.05, 0) is 51.1 Å². The Labute approximate surface area is 169 Å². The Bertz CT molecular complexity index is 1210. The zero-order chi connectivity index (χ0) is 20.5. The molecule has 0 aliphatic heterocycles. The molecule has 2 aromatic carbocycles. The van der Waals surface area contributed by atoms with Crippen LogP contribution in [-0.2, 0) is 0 Å². The van der Waals surface area contributed by atoms with Crippen LogP contribution in [0.15, 0.2) is 54.6 Å². The molecule has 4 aromatic rings. The number of hydrogen-bond acceptors (Lipinski definition) is 4.